The van der Waals surface area contributed by atoms with Gasteiger partial charge < -0.3 is 0 Å². The Labute approximate surface area is 109 Å². The van der Waals surface area contributed by atoms with Gasteiger partial charge in [-0.2, -0.15) is 0 Å². The molecule has 92 valence electrons. The predicted octanol–water partition coefficient (Wildman–Crippen LogP) is 4.15. The third kappa shape index (κ3) is 1.97. The van der Waals surface area contributed by atoms with Gasteiger partial charge in [-0.25, -0.2) is 4.57 Å². The van der Waals surface area contributed by atoms with Gasteiger partial charge in [-0.1, -0.05) is 44.2 Å². The summed E-state index contributed by atoms with van der Waals surface area (Å²) in [5.74, 6) is 0. The Hall–Kier alpha value is -1.89. The number of hydrogen-bond acceptors (Lipinski definition) is 0. The van der Waals surface area contributed by atoms with E-state index >= 15 is 0 Å². The Morgan fingerprint density at radius 2 is 1.50 bits per heavy atom. The number of rotatable bonds is 0. The summed E-state index contributed by atoms with van der Waals surface area (Å²) in [6, 6.07) is 15.0. The van der Waals surface area contributed by atoms with E-state index in [-0.39, 0.29) is 0 Å². The lowest BCUT2D eigenvalue weighted by Gasteiger charge is -2.04. The van der Waals surface area contributed by atoms with Crippen LogP contribution in [0.4, 0.5) is 0 Å². The number of pyridine rings is 1. The molecule has 0 spiro atoms. The monoisotopic (exact) mass is 238 g/mol. The summed E-state index contributed by atoms with van der Waals surface area (Å²) in [6.07, 6.45) is 2.20. The smallest absolute Gasteiger partial charge is 0.200 e. The van der Waals surface area contributed by atoms with Gasteiger partial charge >= 0.3 is 0 Å². The van der Waals surface area contributed by atoms with E-state index in [9.17, 15) is 0 Å². The van der Waals surface area contributed by atoms with Crippen LogP contribution in [-0.2, 0) is 7.05 Å². The normalized spacial score (nSPS) is 10.2. The van der Waals surface area contributed by atoms with Crippen LogP contribution in [0.15, 0.2) is 48.7 Å². The fourth-order valence-corrected chi connectivity index (χ4v) is 2.47. The molecule has 3 rings (SSSR count). The first-order chi connectivity index (χ1) is 8.77. The second kappa shape index (κ2) is 5.18. The Balaban J connectivity index is 0.000000574. The van der Waals surface area contributed by atoms with Crippen LogP contribution in [-0.4, -0.2) is 0 Å². The highest BCUT2D eigenvalue weighted by Crippen LogP contribution is 2.23. The van der Waals surface area contributed by atoms with E-state index in [1.807, 2.05) is 13.8 Å². The van der Waals surface area contributed by atoms with Gasteiger partial charge in [0.15, 0.2) is 6.20 Å². The highest BCUT2D eigenvalue weighted by Gasteiger charge is 2.11. The number of hydrogen-bond donors (Lipinski definition) is 0. The fraction of sp³-hybridized carbons (Fsp3) is 0.235. The van der Waals surface area contributed by atoms with E-state index in [1.165, 1.54) is 27.2 Å². The highest BCUT2D eigenvalue weighted by molar-refractivity contribution is 6.04. The van der Waals surface area contributed by atoms with Gasteiger partial charge in [0.2, 0.25) is 5.52 Å². The molecule has 1 heterocycles. The summed E-state index contributed by atoms with van der Waals surface area (Å²) in [4.78, 5) is 0. The predicted molar refractivity (Wildman–Crippen MR) is 78.7 cm³/mol. The molecule has 0 aliphatic heterocycles. The van der Waals surface area contributed by atoms with Crippen LogP contribution in [0.5, 0.6) is 0 Å². The van der Waals surface area contributed by atoms with Gasteiger partial charge in [0.1, 0.15) is 7.05 Å². The molecular formula is C17H20N+. The summed E-state index contributed by atoms with van der Waals surface area (Å²) in [7, 11) is 2.11. The molecule has 1 aromatic heterocycles. The molecule has 1 nitrogen and oxygen atoms in total. The highest BCUT2D eigenvalue weighted by atomic mass is 14.9. The number of aryl methyl sites for hydroxylation is 2. The van der Waals surface area contributed by atoms with Crippen LogP contribution in [0.25, 0.3) is 21.7 Å². The van der Waals surface area contributed by atoms with Crippen LogP contribution in [0, 0.1) is 6.92 Å². The standard InChI is InChI=1S/C15H14N.C2H6/c1-11-6-5-9-14-13-8-4-3-7-12(13)10-16(2)15(11)14;1-2/h3-10H,1-2H3;1-2H3/q+1;. The van der Waals surface area contributed by atoms with Crippen LogP contribution in [0.2, 0.25) is 0 Å². The second-order valence-electron chi connectivity index (χ2n) is 4.30. The van der Waals surface area contributed by atoms with Crippen LogP contribution in [0.3, 0.4) is 0 Å². The van der Waals surface area contributed by atoms with Crippen molar-refractivity contribution >= 4 is 21.7 Å². The maximum absolute atomic E-state index is 2.22. The Morgan fingerprint density at radius 3 is 2.28 bits per heavy atom. The molecule has 0 amide bonds. The zero-order valence-corrected chi connectivity index (χ0v) is 11.6. The molecule has 0 saturated heterocycles. The summed E-state index contributed by atoms with van der Waals surface area (Å²) >= 11 is 0. The summed E-state index contributed by atoms with van der Waals surface area (Å²) in [5, 5.41) is 3.96. The van der Waals surface area contributed by atoms with Gasteiger partial charge in [0.05, 0.1) is 5.39 Å². The molecule has 3 aromatic rings. The van der Waals surface area contributed by atoms with Gasteiger partial charge in [0.25, 0.3) is 0 Å². The first-order valence-corrected chi connectivity index (χ1v) is 6.54. The Kier molecular flexibility index (Phi) is 3.61. The van der Waals surface area contributed by atoms with Crippen molar-refractivity contribution in [1.29, 1.82) is 0 Å². The summed E-state index contributed by atoms with van der Waals surface area (Å²) < 4.78 is 2.22. The van der Waals surface area contributed by atoms with Crippen molar-refractivity contribution in [3.8, 4) is 0 Å². The van der Waals surface area contributed by atoms with Crippen molar-refractivity contribution in [1.82, 2.24) is 0 Å². The van der Waals surface area contributed by atoms with Crippen LogP contribution < -0.4 is 4.57 Å². The van der Waals surface area contributed by atoms with Crippen LogP contribution >= 0.6 is 0 Å². The first kappa shape index (κ1) is 12.6. The molecule has 1 heteroatoms. The second-order valence-corrected chi connectivity index (χ2v) is 4.30. The Bertz CT molecular complexity index is 684. The minimum atomic E-state index is 1.29. The minimum absolute atomic E-state index is 1.29. The summed E-state index contributed by atoms with van der Waals surface area (Å²) in [5.41, 5.74) is 2.65. The van der Waals surface area contributed by atoms with Crippen molar-refractivity contribution < 1.29 is 4.57 Å². The molecule has 0 aliphatic carbocycles. The van der Waals surface area contributed by atoms with Gasteiger partial charge in [-0.05, 0) is 19.1 Å². The van der Waals surface area contributed by atoms with E-state index < -0.39 is 0 Å². The number of para-hydroxylation sites is 1. The topological polar surface area (TPSA) is 3.88 Å². The maximum Gasteiger partial charge on any atom is 0.215 e. The van der Waals surface area contributed by atoms with Crippen LogP contribution in [0.1, 0.15) is 19.4 Å². The molecule has 0 fully saturated rings. The number of nitrogens with zero attached hydrogens (tertiary/aromatic N) is 1. The van der Waals surface area contributed by atoms with E-state index in [2.05, 4.69) is 67.2 Å². The summed E-state index contributed by atoms with van der Waals surface area (Å²) in [6.45, 7) is 6.16. The lowest BCUT2D eigenvalue weighted by Crippen LogP contribution is -2.29. The van der Waals surface area contributed by atoms with Crippen molar-refractivity contribution in [3.63, 3.8) is 0 Å². The quantitative estimate of drug-likeness (QED) is 0.409. The Morgan fingerprint density at radius 1 is 0.833 bits per heavy atom. The van der Waals surface area contributed by atoms with Crippen molar-refractivity contribution in [3.05, 3.63) is 54.2 Å². The van der Waals surface area contributed by atoms with Crippen molar-refractivity contribution in [2.75, 3.05) is 0 Å². The first-order valence-electron chi connectivity index (χ1n) is 6.54. The van der Waals surface area contributed by atoms with E-state index in [0.717, 1.165) is 0 Å². The van der Waals surface area contributed by atoms with Gasteiger partial charge in [-0.15, -0.1) is 0 Å². The molecule has 0 unspecified atom stereocenters. The van der Waals surface area contributed by atoms with Crippen molar-refractivity contribution in [2.24, 2.45) is 7.05 Å². The molecule has 0 bridgehead atoms. The molecule has 0 atom stereocenters. The molecule has 18 heavy (non-hydrogen) atoms. The average molecular weight is 238 g/mol. The largest absolute Gasteiger partial charge is 0.215 e. The molecule has 0 radical (unpaired) electrons. The lowest BCUT2D eigenvalue weighted by atomic mass is 10.0. The third-order valence-corrected chi connectivity index (χ3v) is 3.17. The van der Waals surface area contributed by atoms with E-state index in [4.69, 9.17) is 0 Å². The fourth-order valence-electron chi connectivity index (χ4n) is 2.47. The number of aromatic nitrogens is 1. The molecule has 0 saturated carbocycles. The molecule has 0 aliphatic rings. The SMILES string of the molecule is CC.Cc1cccc2c3ccccc3c[n+](C)c12. The number of fused-ring (bicyclic) bond motifs is 3. The van der Waals surface area contributed by atoms with Gasteiger partial charge in [-0.3, -0.25) is 0 Å². The minimum Gasteiger partial charge on any atom is -0.200 e. The van der Waals surface area contributed by atoms with Crippen molar-refractivity contribution in [2.45, 2.75) is 20.8 Å². The van der Waals surface area contributed by atoms with E-state index in [1.54, 1.807) is 0 Å². The zero-order chi connectivity index (χ0) is 13.1. The average Bonchev–Trinajstić information content (AvgIpc) is 2.41. The van der Waals surface area contributed by atoms with E-state index in [0.29, 0.717) is 0 Å². The lowest BCUT2D eigenvalue weighted by molar-refractivity contribution is -0.643. The molecular weight excluding hydrogens is 218 g/mol. The zero-order valence-electron chi connectivity index (χ0n) is 11.6. The molecule has 2 aromatic carbocycles. The number of benzene rings is 2. The third-order valence-electron chi connectivity index (χ3n) is 3.17. The maximum atomic E-state index is 2.22. The molecule has 0 N–H and O–H groups in total. The van der Waals surface area contributed by atoms with Gasteiger partial charge in [0, 0.05) is 16.3 Å².